The molecule has 1 heterocycles. The number of nitrogens with two attached hydrogens (primary N) is 1. The molecule has 0 spiro atoms. The lowest BCUT2D eigenvalue weighted by Crippen LogP contribution is -2.29. The summed E-state index contributed by atoms with van der Waals surface area (Å²) in [6, 6.07) is 11.5. The largest absolute Gasteiger partial charge is 0.399 e. The quantitative estimate of drug-likeness (QED) is 0.432. The molecule has 0 unspecified atom stereocenters. The van der Waals surface area contributed by atoms with E-state index >= 15 is 0 Å². The summed E-state index contributed by atoms with van der Waals surface area (Å²) >= 11 is 0. The number of nitrogens with zero attached hydrogens (tertiary/aromatic N) is 1. The second-order valence-corrected chi connectivity index (χ2v) is 9.60. The van der Waals surface area contributed by atoms with E-state index in [1.54, 1.807) is 12.1 Å². The van der Waals surface area contributed by atoms with Crippen molar-refractivity contribution in [3.8, 4) is 0 Å². The van der Waals surface area contributed by atoms with Gasteiger partial charge >= 0.3 is 0 Å². The molecule has 0 saturated heterocycles. The number of anilines is 2. The van der Waals surface area contributed by atoms with Gasteiger partial charge in [-0.1, -0.05) is 0 Å². The molecule has 160 valence electrons. The van der Waals surface area contributed by atoms with Crippen LogP contribution >= 0.6 is 0 Å². The number of carbonyl (C=O) groups excluding carboxylic acids is 2. The maximum absolute atomic E-state index is 11.5. The fourth-order valence-corrected chi connectivity index (χ4v) is 3.77. The first-order chi connectivity index (χ1) is 14.0. The average Bonchev–Trinajstić information content (AvgIpc) is 3.07. The zero-order chi connectivity index (χ0) is 22.5. The molecule has 10 nitrogen and oxygen atoms in total. The van der Waals surface area contributed by atoms with Crippen molar-refractivity contribution >= 4 is 43.2 Å². The van der Waals surface area contributed by atoms with Gasteiger partial charge in [-0.15, -0.1) is 0 Å². The molecule has 2 aromatic carbocycles. The zero-order valence-electron chi connectivity index (χ0n) is 16.1. The molecule has 0 fully saturated rings. The normalized spacial score (nSPS) is 13.9. The fourth-order valence-electron chi connectivity index (χ4n) is 2.31. The van der Waals surface area contributed by atoms with Crippen LogP contribution in [0.1, 0.15) is 0 Å². The SMILES string of the molecule is CNS(=O)(=O)c1ccc(N)cc1.CNS(=O)(=O)c1ccc(N2C(=O)C=CC2=O)cc1. The fraction of sp³-hybridized carbons (Fsp3) is 0.111. The molecular weight excluding hydrogens is 432 g/mol. The van der Waals surface area contributed by atoms with E-state index in [0.29, 0.717) is 11.4 Å². The van der Waals surface area contributed by atoms with E-state index in [0.717, 1.165) is 4.90 Å². The Bertz CT molecular complexity index is 1150. The molecular formula is C18H20N4O6S2. The number of nitrogen functional groups attached to an aromatic ring is 1. The van der Waals surface area contributed by atoms with Gasteiger partial charge in [0.1, 0.15) is 0 Å². The topological polar surface area (TPSA) is 156 Å². The molecule has 0 aliphatic carbocycles. The van der Waals surface area contributed by atoms with Crippen LogP contribution in [0.15, 0.2) is 70.5 Å². The summed E-state index contributed by atoms with van der Waals surface area (Å²) in [5, 5.41) is 0. The lowest BCUT2D eigenvalue weighted by molar-refractivity contribution is -0.119. The number of hydrogen-bond donors (Lipinski definition) is 3. The minimum absolute atomic E-state index is 0.0702. The lowest BCUT2D eigenvalue weighted by Gasteiger charge is -2.14. The molecule has 3 rings (SSSR count). The number of sulfonamides is 2. The highest BCUT2D eigenvalue weighted by Gasteiger charge is 2.25. The monoisotopic (exact) mass is 452 g/mol. The van der Waals surface area contributed by atoms with E-state index < -0.39 is 31.9 Å². The number of rotatable bonds is 5. The van der Waals surface area contributed by atoms with Gasteiger partial charge in [-0.2, -0.15) is 0 Å². The van der Waals surface area contributed by atoms with Crippen molar-refractivity contribution in [2.75, 3.05) is 24.7 Å². The molecule has 1 aliphatic heterocycles. The highest BCUT2D eigenvalue weighted by molar-refractivity contribution is 7.89. The summed E-state index contributed by atoms with van der Waals surface area (Å²) in [4.78, 5) is 24.1. The van der Waals surface area contributed by atoms with Gasteiger partial charge in [0.05, 0.1) is 15.5 Å². The van der Waals surface area contributed by atoms with E-state index in [2.05, 4.69) is 9.44 Å². The van der Waals surface area contributed by atoms with Gasteiger partial charge in [0.2, 0.25) is 20.0 Å². The number of benzene rings is 2. The predicted octanol–water partition coefficient (Wildman–Crippen LogP) is 0.201. The van der Waals surface area contributed by atoms with Crippen LogP contribution in [-0.4, -0.2) is 42.7 Å². The Balaban J connectivity index is 0.000000232. The van der Waals surface area contributed by atoms with Crippen LogP contribution in [-0.2, 0) is 29.6 Å². The van der Waals surface area contributed by atoms with Crippen molar-refractivity contribution in [3.63, 3.8) is 0 Å². The first kappa shape index (κ1) is 23.2. The summed E-state index contributed by atoms with van der Waals surface area (Å²) < 4.78 is 49.7. The summed E-state index contributed by atoms with van der Waals surface area (Å²) in [5.74, 6) is -0.881. The summed E-state index contributed by atoms with van der Waals surface area (Å²) in [6.07, 6.45) is 2.33. The highest BCUT2D eigenvalue weighted by atomic mass is 32.2. The van der Waals surface area contributed by atoms with Crippen molar-refractivity contribution in [2.24, 2.45) is 0 Å². The van der Waals surface area contributed by atoms with Gasteiger partial charge in [0, 0.05) is 17.8 Å². The Morgan fingerprint density at radius 2 is 1.07 bits per heavy atom. The van der Waals surface area contributed by atoms with Crippen molar-refractivity contribution < 1.29 is 26.4 Å². The van der Waals surface area contributed by atoms with Crippen molar-refractivity contribution in [1.82, 2.24) is 9.44 Å². The van der Waals surface area contributed by atoms with Crippen LogP contribution in [0.25, 0.3) is 0 Å². The molecule has 0 bridgehead atoms. The van der Waals surface area contributed by atoms with Crippen LogP contribution in [0.3, 0.4) is 0 Å². The summed E-state index contributed by atoms with van der Waals surface area (Å²) in [7, 11) is -4.17. The first-order valence-corrected chi connectivity index (χ1v) is 11.4. The van der Waals surface area contributed by atoms with Crippen LogP contribution in [0, 0.1) is 0 Å². The Morgan fingerprint density at radius 1 is 0.700 bits per heavy atom. The molecule has 12 heteroatoms. The maximum atomic E-state index is 11.5. The molecule has 0 saturated carbocycles. The average molecular weight is 453 g/mol. The van der Waals surface area contributed by atoms with Crippen LogP contribution in [0.2, 0.25) is 0 Å². The maximum Gasteiger partial charge on any atom is 0.258 e. The molecule has 0 atom stereocenters. The van der Waals surface area contributed by atoms with Gasteiger partial charge in [-0.05, 0) is 62.6 Å². The predicted molar refractivity (Wildman–Crippen MR) is 111 cm³/mol. The molecule has 2 aromatic rings. The van der Waals surface area contributed by atoms with Crippen LogP contribution in [0.5, 0.6) is 0 Å². The van der Waals surface area contributed by atoms with Gasteiger partial charge < -0.3 is 5.73 Å². The molecule has 4 N–H and O–H groups in total. The first-order valence-electron chi connectivity index (χ1n) is 8.40. The zero-order valence-corrected chi connectivity index (χ0v) is 17.7. The number of amides is 2. The second-order valence-electron chi connectivity index (χ2n) is 5.82. The van der Waals surface area contributed by atoms with Gasteiger partial charge in [-0.3, -0.25) is 9.59 Å². The third-order valence-corrected chi connectivity index (χ3v) is 6.80. The number of carbonyl (C=O) groups is 2. The number of hydrogen-bond acceptors (Lipinski definition) is 7. The van der Waals surface area contributed by atoms with Crippen LogP contribution in [0.4, 0.5) is 11.4 Å². The molecule has 30 heavy (non-hydrogen) atoms. The smallest absolute Gasteiger partial charge is 0.258 e. The van der Waals surface area contributed by atoms with E-state index in [-0.39, 0.29) is 9.79 Å². The van der Waals surface area contributed by atoms with Gasteiger partial charge in [0.15, 0.2) is 0 Å². The highest BCUT2D eigenvalue weighted by Crippen LogP contribution is 2.21. The van der Waals surface area contributed by atoms with Crippen molar-refractivity contribution in [3.05, 3.63) is 60.7 Å². The second kappa shape index (κ2) is 9.17. The Morgan fingerprint density at radius 3 is 1.43 bits per heavy atom. The Kier molecular flexibility index (Phi) is 7.10. The molecule has 0 radical (unpaired) electrons. The molecule has 1 aliphatic rings. The standard InChI is InChI=1S/C11H10N2O4S.C7H10N2O2S/c1-12-18(16,17)9-4-2-8(3-5-9)13-10(14)6-7-11(13)15;1-9-12(10,11)7-4-2-6(8)3-5-7/h2-7,12H,1H3;2-5,9H,8H2,1H3. The van der Waals surface area contributed by atoms with E-state index in [4.69, 9.17) is 5.73 Å². The summed E-state index contributed by atoms with van der Waals surface area (Å²) in [6.45, 7) is 0. The van der Waals surface area contributed by atoms with Crippen molar-refractivity contribution in [2.45, 2.75) is 9.79 Å². The third-order valence-electron chi connectivity index (χ3n) is 3.94. The third kappa shape index (κ3) is 5.30. The lowest BCUT2D eigenvalue weighted by atomic mass is 10.3. The van der Waals surface area contributed by atoms with Crippen molar-refractivity contribution in [1.29, 1.82) is 0 Å². The molecule has 2 amide bonds. The van der Waals surface area contributed by atoms with Gasteiger partial charge in [0.25, 0.3) is 11.8 Å². The molecule has 0 aromatic heterocycles. The number of nitrogens with one attached hydrogen (secondary N) is 2. The minimum atomic E-state index is -3.52. The Labute approximate surface area is 174 Å². The van der Waals surface area contributed by atoms with E-state index in [1.165, 1.54) is 62.6 Å². The Hall–Kier alpha value is -3.06. The van der Waals surface area contributed by atoms with E-state index in [9.17, 15) is 26.4 Å². The minimum Gasteiger partial charge on any atom is -0.399 e. The van der Waals surface area contributed by atoms with E-state index in [1.807, 2.05) is 0 Å². The summed E-state index contributed by atoms with van der Waals surface area (Å²) in [5.41, 5.74) is 6.28. The van der Waals surface area contributed by atoms with Crippen LogP contribution < -0.4 is 20.1 Å². The number of imide groups is 1. The van der Waals surface area contributed by atoms with Gasteiger partial charge in [-0.25, -0.2) is 31.2 Å².